The monoisotopic (exact) mass is 179 g/mol. The molecule has 2 unspecified atom stereocenters. The van der Waals surface area contributed by atoms with Crippen LogP contribution in [0.15, 0.2) is 0 Å². The molecule has 11 heavy (non-hydrogen) atoms. The van der Waals surface area contributed by atoms with Gasteiger partial charge in [-0.2, -0.15) is 0 Å². The van der Waals surface area contributed by atoms with Crippen molar-refractivity contribution in [2.75, 3.05) is 13.2 Å². The van der Waals surface area contributed by atoms with Crippen LogP contribution in [0.5, 0.6) is 0 Å². The van der Waals surface area contributed by atoms with Crippen LogP contribution < -0.4 is 5.73 Å². The van der Waals surface area contributed by atoms with Gasteiger partial charge in [0.1, 0.15) is 0 Å². The first kappa shape index (κ1) is 11.2. The van der Waals surface area contributed by atoms with E-state index in [-0.39, 0.29) is 12.4 Å². The molecule has 0 aromatic carbocycles. The highest BCUT2D eigenvalue weighted by Gasteiger charge is 2.26. The van der Waals surface area contributed by atoms with Gasteiger partial charge in [0.2, 0.25) is 0 Å². The lowest BCUT2D eigenvalue weighted by atomic mass is 9.93. The lowest BCUT2D eigenvalue weighted by molar-refractivity contribution is 0.109. The normalized spacial score (nSPS) is 30.5. The van der Waals surface area contributed by atoms with E-state index in [0.717, 1.165) is 24.9 Å². The van der Waals surface area contributed by atoms with Crippen molar-refractivity contribution in [3.05, 3.63) is 0 Å². The zero-order valence-electron chi connectivity index (χ0n) is 7.25. The van der Waals surface area contributed by atoms with Crippen molar-refractivity contribution < 1.29 is 4.74 Å². The Morgan fingerprint density at radius 1 is 1.55 bits per heavy atom. The molecule has 2 nitrogen and oxygen atoms in total. The Balaban J connectivity index is 0.000001000. The number of hydrogen-bond acceptors (Lipinski definition) is 2. The Labute approximate surface area is 74.9 Å². The molecule has 68 valence electrons. The van der Waals surface area contributed by atoms with Crippen LogP contribution in [0.4, 0.5) is 0 Å². The molecule has 2 atom stereocenters. The molecular formula is C8H18ClNO. The molecular weight excluding hydrogens is 162 g/mol. The zero-order valence-corrected chi connectivity index (χ0v) is 8.06. The predicted octanol–water partition coefficient (Wildman–Crippen LogP) is 1.43. The van der Waals surface area contributed by atoms with Crippen molar-refractivity contribution in [3.8, 4) is 0 Å². The number of ether oxygens (including phenoxy) is 1. The third-order valence-electron chi connectivity index (χ3n) is 2.32. The fraction of sp³-hybridized carbons (Fsp3) is 1.00. The predicted molar refractivity (Wildman–Crippen MR) is 49.0 cm³/mol. The molecule has 0 aromatic heterocycles. The van der Waals surface area contributed by atoms with Crippen LogP contribution in [0.3, 0.4) is 0 Å². The molecule has 1 aliphatic rings. The van der Waals surface area contributed by atoms with Gasteiger partial charge in [0.05, 0.1) is 12.7 Å². The van der Waals surface area contributed by atoms with Crippen molar-refractivity contribution >= 4 is 12.4 Å². The van der Waals surface area contributed by atoms with E-state index in [1.807, 2.05) is 0 Å². The van der Waals surface area contributed by atoms with Gasteiger partial charge in [-0.1, -0.05) is 13.8 Å². The number of hydrogen-bond donors (Lipinski definition) is 1. The molecule has 0 bridgehead atoms. The molecule has 0 radical (unpaired) electrons. The molecule has 0 amide bonds. The van der Waals surface area contributed by atoms with Gasteiger partial charge in [-0.3, -0.25) is 0 Å². The van der Waals surface area contributed by atoms with Crippen molar-refractivity contribution in [2.45, 2.75) is 26.4 Å². The fourth-order valence-electron chi connectivity index (χ4n) is 1.36. The summed E-state index contributed by atoms with van der Waals surface area (Å²) in [6, 6.07) is 0. The average Bonchev–Trinajstić information content (AvgIpc) is 2.34. The second-order valence-corrected chi connectivity index (χ2v) is 3.43. The maximum atomic E-state index is 5.47. The lowest BCUT2D eigenvalue weighted by Crippen LogP contribution is -2.18. The van der Waals surface area contributed by atoms with Gasteiger partial charge in [0.25, 0.3) is 0 Å². The van der Waals surface area contributed by atoms with E-state index in [0.29, 0.717) is 12.6 Å². The average molecular weight is 180 g/mol. The Kier molecular flexibility index (Phi) is 5.06. The van der Waals surface area contributed by atoms with Crippen LogP contribution in [0.2, 0.25) is 0 Å². The molecule has 0 aliphatic carbocycles. The van der Waals surface area contributed by atoms with Gasteiger partial charge in [0, 0.05) is 6.54 Å². The van der Waals surface area contributed by atoms with E-state index >= 15 is 0 Å². The highest BCUT2D eigenvalue weighted by atomic mass is 35.5. The van der Waals surface area contributed by atoms with E-state index in [1.54, 1.807) is 0 Å². The van der Waals surface area contributed by atoms with Gasteiger partial charge in [-0.25, -0.2) is 0 Å². The summed E-state index contributed by atoms with van der Waals surface area (Å²) in [6.45, 7) is 6.09. The van der Waals surface area contributed by atoms with Crippen LogP contribution in [0, 0.1) is 11.8 Å². The molecule has 1 saturated heterocycles. The first-order valence-electron chi connectivity index (χ1n) is 4.05. The summed E-state index contributed by atoms with van der Waals surface area (Å²) in [5.41, 5.74) is 5.47. The smallest absolute Gasteiger partial charge is 0.0701 e. The van der Waals surface area contributed by atoms with Crippen molar-refractivity contribution in [2.24, 2.45) is 17.6 Å². The molecule has 3 heteroatoms. The van der Waals surface area contributed by atoms with Crippen LogP contribution in [-0.4, -0.2) is 19.3 Å². The number of nitrogens with two attached hydrogens (primary N) is 1. The molecule has 1 fully saturated rings. The van der Waals surface area contributed by atoms with E-state index in [4.69, 9.17) is 10.5 Å². The minimum Gasteiger partial charge on any atom is -0.377 e. The van der Waals surface area contributed by atoms with Gasteiger partial charge in [0.15, 0.2) is 0 Å². The van der Waals surface area contributed by atoms with E-state index in [2.05, 4.69) is 13.8 Å². The largest absolute Gasteiger partial charge is 0.377 e. The summed E-state index contributed by atoms with van der Waals surface area (Å²) in [5.74, 6) is 1.49. The van der Waals surface area contributed by atoms with Crippen molar-refractivity contribution in [1.82, 2.24) is 0 Å². The molecule has 1 rings (SSSR count). The molecule has 0 spiro atoms. The molecule has 0 aromatic rings. The topological polar surface area (TPSA) is 35.2 Å². The summed E-state index contributed by atoms with van der Waals surface area (Å²) < 4.78 is 5.45. The fourth-order valence-corrected chi connectivity index (χ4v) is 1.36. The molecule has 1 aliphatic heterocycles. The standard InChI is InChI=1S/C8H17NO.ClH/c1-6(2)7-3-8(4-9)10-5-7;/h6-8H,3-5,9H2,1-2H3;1H. The second-order valence-electron chi connectivity index (χ2n) is 3.43. The Morgan fingerprint density at radius 3 is 2.45 bits per heavy atom. The lowest BCUT2D eigenvalue weighted by Gasteiger charge is -2.10. The van der Waals surface area contributed by atoms with E-state index in [9.17, 15) is 0 Å². The van der Waals surface area contributed by atoms with Crippen LogP contribution in [0.25, 0.3) is 0 Å². The number of halogens is 1. The van der Waals surface area contributed by atoms with Gasteiger partial charge in [-0.05, 0) is 18.3 Å². The second kappa shape index (κ2) is 4.96. The maximum Gasteiger partial charge on any atom is 0.0701 e. The highest BCUT2D eigenvalue weighted by molar-refractivity contribution is 5.85. The minimum absolute atomic E-state index is 0. The van der Waals surface area contributed by atoms with Gasteiger partial charge < -0.3 is 10.5 Å². The quantitative estimate of drug-likeness (QED) is 0.696. The maximum absolute atomic E-state index is 5.47. The first-order chi connectivity index (χ1) is 4.74. The van der Waals surface area contributed by atoms with Crippen molar-refractivity contribution in [3.63, 3.8) is 0 Å². The summed E-state index contributed by atoms with van der Waals surface area (Å²) in [5, 5.41) is 0. The van der Waals surface area contributed by atoms with Crippen LogP contribution >= 0.6 is 12.4 Å². The van der Waals surface area contributed by atoms with Gasteiger partial charge in [-0.15, -0.1) is 12.4 Å². The Morgan fingerprint density at radius 2 is 2.18 bits per heavy atom. The minimum atomic E-state index is 0. The molecule has 1 heterocycles. The first-order valence-corrected chi connectivity index (χ1v) is 4.05. The summed E-state index contributed by atoms with van der Waals surface area (Å²) >= 11 is 0. The highest BCUT2D eigenvalue weighted by Crippen LogP contribution is 2.25. The summed E-state index contributed by atoms with van der Waals surface area (Å²) in [4.78, 5) is 0. The van der Waals surface area contributed by atoms with Crippen molar-refractivity contribution in [1.29, 1.82) is 0 Å². The molecule has 0 saturated carbocycles. The summed E-state index contributed by atoms with van der Waals surface area (Å²) in [6.07, 6.45) is 1.50. The third kappa shape index (κ3) is 2.97. The zero-order chi connectivity index (χ0) is 7.56. The Bertz CT molecular complexity index is 108. The van der Waals surface area contributed by atoms with Crippen LogP contribution in [-0.2, 0) is 4.74 Å². The Hall–Kier alpha value is 0.210. The van der Waals surface area contributed by atoms with E-state index < -0.39 is 0 Å². The SMILES string of the molecule is CC(C)C1COC(CN)C1.Cl. The third-order valence-corrected chi connectivity index (χ3v) is 2.32. The van der Waals surface area contributed by atoms with E-state index in [1.165, 1.54) is 0 Å². The van der Waals surface area contributed by atoms with Crippen LogP contribution in [0.1, 0.15) is 20.3 Å². The summed E-state index contributed by atoms with van der Waals surface area (Å²) in [7, 11) is 0. The molecule has 2 N–H and O–H groups in total. The number of rotatable bonds is 2. The van der Waals surface area contributed by atoms with Gasteiger partial charge >= 0.3 is 0 Å².